The third-order valence-electron chi connectivity index (χ3n) is 6.75. The van der Waals surface area contributed by atoms with Crippen molar-refractivity contribution >= 4 is 25.6 Å². The van der Waals surface area contributed by atoms with E-state index >= 15 is 0 Å². The fourth-order valence-corrected chi connectivity index (χ4v) is 7.46. The second kappa shape index (κ2) is 11.7. The quantitative estimate of drug-likeness (QED) is 0.370. The van der Waals surface area contributed by atoms with Crippen LogP contribution >= 0.6 is 0 Å². The molecule has 234 valence electrons. The molecule has 1 aliphatic heterocycles. The maximum absolute atomic E-state index is 13.7. The Labute approximate surface area is 234 Å². The van der Waals surface area contributed by atoms with E-state index in [0.717, 1.165) is 11.1 Å². The van der Waals surface area contributed by atoms with Gasteiger partial charge in [-0.05, 0) is 48.9 Å². The van der Waals surface area contributed by atoms with Gasteiger partial charge < -0.3 is 4.90 Å². The number of carbonyl (C=O) groups excluding carboxylic acids is 1. The summed E-state index contributed by atoms with van der Waals surface area (Å²) in [6, 6.07) is 1.44. The molecule has 42 heavy (non-hydrogen) atoms. The van der Waals surface area contributed by atoms with Crippen molar-refractivity contribution in [3.05, 3.63) is 53.3 Å². The lowest BCUT2D eigenvalue weighted by Gasteiger charge is -2.35. The van der Waals surface area contributed by atoms with Gasteiger partial charge in [0.05, 0.1) is 32.2 Å². The number of halogens is 9. The normalized spacial score (nSPS) is 16.9. The van der Waals surface area contributed by atoms with Crippen LogP contribution in [-0.2, 0) is 32.0 Å². The van der Waals surface area contributed by atoms with Gasteiger partial charge in [-0.25, -0.2) is 16.8 Å². The number of hydrogen-bond donors (Lipinski definition) is 0. The lowest BCUT2D eigenvalue weighted by molar-refractivity contribution is -0.138. The Balaban J connectivity index is 1.74. The number of sulfone groups is 2. The number of hydrogen-bond acceptors (Lipinski definition) is 6. The zero-order valence-electron chi connectivity index (χ0n) is 21.5. The van der Waals surface area contributed by atoms with Crippen LogP contribution in [-0.4, -0.2) is 63.4 Å². The summed E-state index contributed by atoms with van der Waals surface area (Å²) >= 11 is 0. The van der Waals surface area contributed by atoms with Crippen molar-refractivity contribution in [3.63, 3.8) is 0 Å². The van der Waals surface area contributed by atoms with Gasteiger partial charge in [0.15, 0.2) is 25.4 Å². The van der Waals surface area contributed by atoms with Gasteiger partial charge in [-0.3, -0.25) is 9.78 Å². The molecule has 1 atom stereocenters. The number of carbonyl (C=O) groups is 1. The van der Waals surface area contributed by atoms with Crippen LogP contribution in [0.25, 0.3) is 0 Å². The molecule has 3 rings (SSSR count). The van der Waals surface area contributed by atoms with Gasteiger partial charge in [-0.2, -0.15) is 39.5 Å². The molecular weight excluding hydrogens is 631 g/mol. The molecule has 0 N–H and O–H groups in total. The average Bonchev–Trinajstić information content (AvgIpc) is 2.85. The molecule has 7 nitrogen and oxygen atoms in total. The van der Waals surface area contributed by atoms with Crippen molar-refractivity contribution in [3.8, 4) is 0 Å². The first kappa shape index (κ1) is 33.6. The van der Waals surface area contributed by atoms with Gasteiger partial charge in [0, 0.05) is 25.5 Å². The van der Waals surface area contributed by atoms with Crippen LogP contribution in [0.1, 0.15) is 41.3 Å². The van der Waals surface area contributed by atoms with Crippen LogP contribution in [0.15, 0.2) is 46.5 Å². The van der Waals surface area contributed by atoms with Crippen molar-refractivity contribution < 1.29 is 61.1 Å². The Bertz CT molecular complexity index is 1530. The second-order valence-electron chi connectivity index (χ2n) is 9.87. The molecule has 1 aromatic carbocycles. The second-order valence-corrected chi connectivity index (χ2v) is 13.9. The summed E-state index contributed by atoms with van der Waals surface area (Å²) in [5.74, 6) is -5.10. The Morgan fingerprint density at radius 3 is 2.00 bits per heavy atom. The summed E-state index contributed by atoms with van der Waals surface area (Å²) in [6.45, 7) is 1.26. The smallest absolute Gasteiger partial charge is 0.339 e. The standard InChI is InChI=1S/C24H23F9N2O5S2/c1-14(12-41(37,38)18-8-16(10-34-11-18)23(28,29)30)15-4-6-35(7-5-15)21(36)19-3-2-17(9-20(19)24(31,32)33)42(39,40)13-22(25,26)27/h2-3,8-11,14-15H,4-7,12-13H2,1H3. The number of alkyl halides is 9. The molecule has 0 spiro atoms. The number of nitrogens with zero attached hydrogens (tertiary/aromatic N) is 2. The number of piperidine rings is 1. The summed E-state index contributed by atoms with van der Waals surface area (Å²) in [5.41, 5.74) is -3.95. The Kier molecular flexibility index (Phi) is 9.33. The summed E-state index contributed by atoms with van der Waals surface area (Å²) in [7, 11) is -9.39. The molecule has 1 aromatic heterocycles. The van der Waals surface area contributed by atoms with Crippen LogP contribution in [0.2, 0.25) is 0 Å². The van der Waals surface area contributed by atoms with Crippen LogP contribution in [0.3, 0.4) is 0 Å². The summed E-state index contributed by atoms with van der Waals surface area (Å²) in [6.07, 6.45) is -13.8. The molecule has 2 heterocycles. The molecule has 2 aromatic rings. The van der Waals surface area contributed by atoms with Crippen molar-refractivity contribution in [2.75, 3.05) is 24.6 Å². The SMILES string of the molecule is CC(CS(=O)(=O)c1cncc(C(F)(F)F)c1)C1CCN(C(=O)c2ccc(S(=O)(=O)CC(F)(F)F)cc2C(F)(F)F)CC1. The van der Waals surface area contributed by atoms with E-state index in [4.69, 9.17) is 0 Å². The van der Waals surface area contributed by atoms with E-state index in [-0.39, 0.29) is 37.9 Å². The lowest BCUT2D eigenvalue weighted by atomic mass is 9.86. The highest BCUT2D eigenvalue weighted by molar-refractivity contribution is 7.91. The van der Waals surface area contributed by atoms with Crippen molar-refractivity contribution in [2.45, 2.75) is 48.1 Å². The van der Waals surface area contributed by atoms with E-state index in [9.17, 15) is 61.1 Å². The molecule has 18 heteroatoms. The van der Waals surface area contributed by atoms with Gasteiger partial charge >= 0.3 is 18.5 Å². The molecule has 1 unspecified atom stereocenters. The predicted molar refractivity (Wildman–Crippen MR) is 129 cm³/mol. The third-order valence-corrected chi connectivity index (χ3v) is 10.3. The van der Waals surface area contributed by atoms with E-state index < -0.39 is 88.0 Å². The number of pyridine rings is 1. The Morgan fingerprint density at radius 2 is 1.48 bits per heavy atom. The van der Waals surface area contributed by atoms with E-state index in [1.165, 1.54) is 6.92 Å². The van der Waals surface area contributed by atoms with Crippen LogP contribution in [0.4, 0.5) is 39.5 Å². The number of aromatic nitrogens is 1. The Morgan fingerprint density at radius 1 is 0.881 bits per heavy atom. The molecule has 0 bridgehead atoms. The van der Waals surface area contributed by atoms with Crippen molar-refractivity contribution in [1.82, 2.24) is 9.88 Å². The first-order chi connectivity index (χ1) is 19.0. The van der Waals surface area contributed by atoms with Crippen LogP contribution < -0.4 is 0 Å². The van der Waals surface area contributed by atoms with Gasteiger partial charge in [0.2, 0.25) is 0 Å². The summed E-state index contributed by atoms with van der Waals surface area (Å²) < 4.78 is 167. The number of rotatable bonds is 7. The molecule has 0 radical (unpaired) electrons. The van der Waals surface area contributed by atoms with Gasteiger partial charge in [0.25, 0.3) is 5.91 Å². The average molecular weight is 655 g/mol. The molecule has 1 amide bonds. The summed E-state index contributed by atoms with van der Waals surface area (Å²) in [4.78, 5) is 15.4. The van der Waals surface area contributed by atoms with Gasteiger partial charge in [-0.15, -0.1) is 0 Å². The van der Waals surface area contributed by atoms with Gasteiger partial charge in [0.1, 0.15) is 0 Å². The maximum Gasteiger partial charge on any atom is 0.417 e. The highest BCUT2D eigenvalue weighted by atomic mass is 32.2. The van der Waals surface area contributed by atoms with E-state index in [0.29, 0.717) is 24.4 Å². The number of likely N-dealkylation sites (tertiary alicyclic amines) is 1. The van der Waals surface area contributed by atoms with Crippen molar-refractivity contribution in [1.29, 1.82) is 0 Å². The minimum Gasteiger partial charge on any atom is -0.339 e. The summed E-state index contributed by atoms with van der Waals surface area (Å²) in [5, 5.41) is 0. The largest absolute Gasteiger partial charge is 0.417 e. The molecule has 0 saturated carbocycles. The molecule has 1 aliphatic rings. The topological polar surface area (TPSA) is 101 Å². The number of amides is 1. The Hall–Kier alpha value is -2.89. The predicted octanol–water partition coefficient (Wildman–Crippen LogP) is 5.42. The van der Waals surface area contributed by atoms with Crippen LogP contribution in [0.5, 0.6) is 0 Å². The fourth-order valence-electron chi connectivity index (χ4n) is 4.60. The maximum atomic E-state index is 13.7. The molecular formula is C24H23F9N2O5S2. The zero-order valence-corrected chi connectivity index (χ0v) is 23.1. The minimum absolute atomic E-state index is 0.0172. The van der Waals surface area contributed by atoms with E-state index in [2.05, 4.69) is 4.98 Å². The third kappa shape index (κ3) is 8.14. The van der Waals surface area contributed by atoms with E-state index in [1.54, 1.807) is 0 Å². The van der Waals surface area contributed by atoms with E-state index in [1.807, 2.05) is 0 Å². The fraction of sp³-hybridized carbons (Fsp3) is 0.500. The molecule has 1 fully saturated rings. The molecule has 1 saturated heterocycles. The monoisotopic (exact) mass is 654 g/mol. The molecule has 0 aliphatic carbocycles. The number of benzene rings is 1. The van der Waals surface area contributed by atoms with Crippen molar-refractivity contribution in [2.24, 2.45) is 11.8 Å². The first-order valence-corrected chi connectivity index (χ1v) is 15.4. The van der Waals surface area contributed by atoms with Gasteiger partial charge in [-0.1, -0.05) is 6.92 Å². The highest BCUT2D eigenvalue weighted by Crippen LogP contribution is 2.36. The first-order valence-electron chi connectivity index (χ1n) is 12.1. The van der Waals surface area contributed by atoms with Crippen LogP contribution in [0, 0.1) is 11.8 Å². The zero-order chi connectivity index (χ0) is 31.9. The lowest BCUT2D eigenvalue weighted by Crippen LogP contribution is -2.41. The highest BCUT2D eigenvalue weighted by Gasteiger charge is 2.41. The minimum atomic E-state index is -5.28.